The Bertz CT molecular complexity index is 1110. The summed E-state index contributed by atoms with van der Waals surface area (Å²) in [5.74, 6) is 1.02. The lowest BCUT2D eigenvalue weighted by Gasteiger charge is -2.15. The van der Waals surface area contributed by atoms with Gasteiger partial charge in [0, 0.05) is 12.1 Å². The lowest BCUT2D eigenvalue weighted by molar-refractivity contribution is 0.186. The van der Waals surface area contributed by atoms with Gasteiger partial charge >= 0.3 is 0 Å². The van der Waals surface area contributed by atoms with Gasteiger partial charge in [-0.15, -0.1) is 15.3 Å². The maximum atomic E-state index is 14.1. The highest BCUT2D eigenvalue weighted by molar-refractivity contribution is 5.60. The van der Waals surface area contributed by atoms with Crippen molar-refractivity contribution in [3.8, 4) is 17.1 Å². The number of hydrogen-bond acceptors (Lipinski definition) is 6. The first-order valence-electron chi connectivity index (χ1n) is 8.69. The van der Waals surface area contributed by atoms with Crippen LogP contribution in [0.3, 0.4) is 0 Å². The smallest absolute Gasteiger partial charge is 0.188 e. The molecule has 8 heteroatoms. The number of aliphatic hydroxyl groups is 1. The van der Waals surface area contributed by atoms with E-state index in [9.17, 15) is 9.50 Å². The molecule has 0 fully saturated rings. The van der Waals surface area contributed by atoms with Gasteiger partial charge in [0.1, 0.15) is 17.4 Å². The molecule has 142 valence electrons. The Labute approximate surface area is 160 Å². The zero-order valence-corrected chi connectivity index (χ0v) is 15.1. The van der Waals surface area contributed by atoms with Gasteiger partial charge in [-0.3, -0.25) is 0 Å². The fourth-order valence-corrected chi connectivity index (χ4v) is 2.95. The average Bonchev–Trinajstić information content (AvgIpc) is 3.15. The Kier molecular flexibility index (Phi) is 4.86. The molecule has 28 heavy (non-hydrogen) atoms. The molecule has 2 aromatic carbocycles. The summed E-state index contributed by atoms with van der Waals surface area (Å²) in [6, 6.07) is 17.1. The minimum absolute atomic E-state index is 0.218. The molecule has 0 aliphatic heterocycles. The molecule has 4 rings (SSSR count). The molecular formula is C20H18FN5O2. The molecule has 2 heterocycles. The first-order valence-corrected chi connectivity index (χ1v) is 8.69. The minimum atomic E-state index is -0.791. The van der Waals surface area contributed by atoms with Crippen LogP contribution in [0.4, 0.5) is 10.2 Å². The lowest BCUT2D eigenvalue weighted by Crippen LogP contribution is -2.14. The van der Waals surface area contributed by atoms with E-state index in [1.165, 1.54) is 10.6 Å². The van der Waals surface area contributed by atoms with Gasteiger partial charge in [0.15, 0.2) is 11.5 Å². The molecule has 1 atom stereocenters. The summed E-state index contributed by atoms with van der Waals surface area (Å²) in [6.45, 7) is 0.218. The summed E-state index contributed by atoms with van der Waals surface area (Å²) in [7, 11) is 1.56. The topological polar surface area (TPSA) is 84.6 Å². The van der Waals surface area contributed by atoms with Crippen LogP contribution in [0.15, 0.2) is 60.7 Å². The molecule has 0 aliphatic carbocycles. The van der Waals surface area contributed by atoms with Crippen molar-refractivity contribution in [2.75, 3.05) is 19.0 Å². The van der Waals surface area contributed by atoms with E-state index in [1.807, 2.05) is 12.1 Å². The van der Waals surface area contributed by atoms with Crippen LogP contribution in [0.5, 0.6) is 5.75 Å². The van der Waals surface area contributed by atoms with Crippen LogP contribution in [-0.2, 0) is 0 Å². The van der Waals surface area contributed by atoms with Gasteiger partial charge in [0.05, 0.1) is 18.8 Å². The molecule has 0 saturated heterocycles. The number of hydrogen-bond donors (Lipinski definition) is 2. The van der Waals surface area contributed by atoms with E-state index >= 15 is 0 Å². The number of anilines is 1. The van der Waals surface area contributed by atoms with Gasteiger partial charge < -0.3 is 15.2 Å². The Balaban J connectivity index is 1.58. The van der Waals surface area contributed by atoms with Gasteiger partial charge in [-0.25, -0.2) is 4.39 Å². The maximum absolute atomic E-state index is 14.1. The molecule has 0 bridgehead atoms. The Morgan fingerprint density at radius 2 is 1.86 bits per heavy atom. The number of aliphatic hydroxyl groups excluding tert-OH is 1. The molecular weight excluding hydrogens is 361 g/mol. The Hall–Kier alpha value is -3.52. The van der Waals surface area contributed by atoms with Crippen molar-refractivity contribution in [3.05, 3.63) is 72.0 Å². The zero-order valence-electron chi connectivity index (χ0n) is 15.1. The predicted octanol–water partition coefficient (Wildman–Crippen LogP) is 3.08. The van der Waals surface area contributed by atoms with Crippen molar-refractivity contribution in [3.63, 3.8) is 0 Å². The van der Waals surface area contributed by atoms with E-state index in [2.05, 4.69) is 20.6 Å². The molecule has 4 aromatic rings. The fraction of sp³-hybridized carbons (Fsp3) is 0.150. The first kappa shape index (κ1) is 17.9. The number of ether oxygens (including phenoxy) is 1. The monoisotopic (exact) mass is 379 g/mol. The summed E-state index contributed by atoms with van der Waals surface area (Å²) in [5.41, 5.74) is 1.48. The zero-order chi connectivity index (χ0) is 19.5. The van der Waals surface area contributed by atoms with Crippen LogP contribution in [-0.4, -0.2) is 38.6 Å². The number of nitrogens with one attached hydrogen (secondary N) is 1. The van der Waals surface area contributed by atoms with Crippen LogP contribution < -0.4 is 10.1 Å². The summed E-state index contributed by atoms with van der Waals surface area (Å²) in [6.07, 6.45) is -0.791. The van der Waals surface area contributed by atoms with E-state index in [0.29, 0.717) is 34.2 Å². The summed E-state index contributed by atoms with van der Waals surface area (Å²) in [5, 5.41) is 26.1. The number of methoxy groups -OCH3 is 1. The molecule has 1 unspecified atom stereocenters. The number of halogens is 1. The molecule has 2 N–H and O–H groups in total. The van der Waals surface area contributed by atoms with Crippen LogP contribution in [0, 0.1) is 5.82 Å². The Morgan fingerprint density at radius 1 is 1.07 bits per heavy atom. The van der Waals surface area contributed by atoms with Gasteiger partial charge in [0.2, 0.25) is 0 Å². The van der Waals surface area contributed by atoms with Gasteiger partial charge in [0.25, 0.3) is 0 Å². The molecule has 2 aromatic heterocycles. The third-order valence-corrected chi connectivity index (χ3v) is 4.35. The second-order valence-electron chi connectivity index (χ2n) is 6.13. The molecule has 7 nitrogen and oxygen atoms in total. The molecule has 0 amide bonds. The van der Waals surface area contributed by atoms with E-state index in [1.54, 1.807) is 49.6 Å². The third-order valence-electron chi connectivity index (χ3n) is 4.35. The SMILES string of the molecule is COc1ccccc1C(O)CNc1ccc2nnc(-c3ccccc3F)n2n1. The standard InChI is InChI=1S/C20H18FN5O2/c1-28-17-9-5-3-7-14(17)16(27)12-22-18-10-11-19-23-24-20(26(19)25-18)13-6-2-4-8-15(13)21/h2-11,16,27H,12H2,1H3,(H,22,25). The normalized spacial score (nSPS) is 12.1. The average molecular weight is 379 g/mol. The van der Waals surface area contributed by atoms with E-state index in [0.717, 1.165) is 0 Å². The van der Waals surface area contributed by atoms with Crippen LogP contribution in [0.2, 0.25) is 0 Å². The Morgan fingerprint density at radius 3 is 2.68 bits per heavy atom. The summed E-state index contributed by atoms with van der Waals surface area (Å²) >= 11 is 0. The van der Waals surface area contributed by atoms with Gasteiger partial charge in [-0.1, -0.05) is 30.3 Å². The quantitative estimate of drug-likeness (QED) is 0.536. The van der Waals surface area contributed by atoms with Crippen molar-refractivity contribution in [2.24, 2.45) is 0 Å². The van der Waals surface area contributed by atoms with Crippen molar-refractivity contribution >= 4 is 11.5 Å². The number of nitrogens with zero attached hydrogens (tertiary/aromatic N) is 4. The highest BCUT2D eigenvalue weighted by Gasteiger charge is 2.15. The summed E-state index contributed by atoms with van der Waals surface area (Å²) in [4.78, 5) is 0. The molecule has 0 saturated carbocycles. The van der Waals surface area contributed by atoms with Crippen LogP contribution in [0.1, 0.15) is 11.7 Å². The number of aromatic nitrogens is 4. The van der Waals surface area contributed by atoms with E-state index < -0.39 is 11.9 Å². The van der Waals surface area contributed by atoms with Crippen molar-refractivity contribution in [1.29, 1.82) is 0 Å². The molecule has 0 radical (unpaired) electrons. The van der Waals surface area contributed by atoms with Crippen LogP contribution >= 0.6 is 0 Å². The number of para-hydroxylation sites is 1. The number of benzene rings is 2. The van der Waals surface area contributed by atoms with E-state index in [-0.39, 0.29) is 6.54 Å². The van der Waals surface area contributed by atoms with Crippen molar-refractivity contribution in [1.82, 2.24) is 19.8 Å². The number of fused-ring (bicyclic) bond motifs is 1. The number of rotatable bonds is 6. The summed E-state index contributed by atoms with van der Waals surface area (Å²) < 4.78 is 20.9. The van der Waals surface area contributed by atoms with Gasteiger partial charge in [-0.2, -0.15) is 4.52 Å². The van der Waals surface area contributed by atoms with Crippen molar-refractivity contribution < 1.29 is 14.2 Å². The fourth-order valence-electron chi connectivity index (χ4n) is 2.95. The second kappa shape index (κ2) is 7.61. The van der Waals surface area contributed by atoms with Crippen molar-refractivity contribution in [2.45, 2.75) is 6.10 Å². The molecule has 0 aliphatic rings. The lowest BCUT2D eigenvalue weighted by atomic mass is 10.1. The van der Waals surface area contributed by atoms with Crippen LogP contribution in [0.25, 0.3) is 17.0 Å². The third kappa shape index (κ3) is 3.37. The molecule has 0 spiro atoms. The minimum Gasteiger partial charge on any atom is -0.496 e. The first-order chi connectivity index (χ1) is 13.7. The maximum Gasteiger partial charge on any atom is 0.188 e. The van der Waals surface area contributed by atoms with Gasteiger partial charge in [-0.05, 0) is 30.3 Å². The highest BCUT2D eigenvalue weighted by Crippen LogP contribution is 2.25. The predicted molar refractivity (Wildman–Crippen MR) is 103 cm³/mol. The highest BCUT2D eigenvalue weighted by atomic mass is 19.1. The largest absolute Gasteiger partial charge is 0.496 e. The second-order valence-corrected chi connectivity index (χ2v) is 6.13. The van der Waals surface area contributed by atoms with E-state index in [4.69, 9.17) is 4.74 Å².